The molecule has 0 saturated heterocycles. The summed E-state index contributed by atoms with van der Waals surface area (Å²) in [5.74, 6) is 0.565. The van der Waals surface area contributed by atoms with Crippen molar-refractivity contribution >= 4 is 11.8 Å². The van der Waals surface area contributed by atoms with Gasteiger partial charge in [0.25, 0.3) is 5.56 Å². The highest BCUT2D eigenvalue weighted by Crippen LogP contribution is 2.18. The summed E-state index contributed by atoms with van der Waals surface area (Å²) in [5.41, 5.74) is 6.71. The van der Waals surface area contributed by atoms with Gasteiger partial charge in [-0.15, -0.1) is 17.9 Å². The van der Waals surface area contributed by atoms with Crippen molar-refractivity contribution in [1.82, 2.24) is 15.0 Å². The van der Waals surface area contributed by atoms with Crippen LogP contribution >= 0.6 is 0 Å². The standard InChI is InChI=1S/C22H32N2O3.C14H19NO2.C2H6.C2H4/c1-5-7-8-21-20(15-18-11-9-16(3)10-12-18)22(26)24(17(4)23-21)27-19(6-2)13-14-25;1-4-5-10-13(15-14(16)17-3)12-9-7-6-8-11(12)2;2*1-2/h9-12,19,25H,5-8,13-15H2,1-4H3;6-10H,4-5H2,1-3H3,(H,15,16);1-2H3;1-2H2/b;13-10+;;. The number of nitrogens with one attached hydrogen (secondary N) is 1. The first kappa shape index (κ1) is 43.8. The fraction of sp³-hybridized carbons (Fsp3) is 0.475. The topological polar surface area (TPSA) is 103 Å². The smallest absolute Gasteiger partial charge is 0.411 e. The Morgan fingerprint density at radius 2 is 1.67 bits per heavy atom. The molecule has 0 aliphatic carbocycles. The number of carbonyl (C=O) groups is 1. The number of benzene rings is 2. The lowest BCUT2D eigenvalue weighted by molar-refractivity contribution is 0.00841. The first-order chi connectivity index (χ1) is 23.2. The molecule has 1 amide bonds. The van der Waals surface area contributed by atoms with E-state index in [0.717, 1.165) is 66.6 Å². The van der Waals surface area contributed by atoms with Crippen molar-refractivity contribution in [2.24, 2.45) is 0 Å². The Morgan fingerprint density at radius 3 is 2.21 bits per heavy atom. The summed E-state index contributed by atoms with van der Waals surface area (Å²) >= 11 is 0. The predicted octanol–water partition coefficient (Wildman–Crippen LogP) is 8.70. The fourth-order valence-corrected chi connectivity index (χ4v) is 4.64. The zero-order valence-electron chi connectivity index (χ0n) is 31.0. The summed E-state index contributed by atoms with van der Waals surface area (Å²) in [4.78, 5) is 35.1. The number of hydrogen-bond acceptors (Lipinski definition) is 6. The molecule has 1 atom stereocenters. The Hall–Kier alpha value is -4.17. The molecule has 2 N–H and O–H groups in total. The van der Waals surface area contributed by atoms with Crippen molar-refractivity contribution in [3.8, 4) is 0 Å². The van der Waals surface area contributed by atoms with Gasteiger partial charge in [0.15, 0.2) is 0 Å². The molecule has 48 heavy (non-hydrogen) atoms. The molecule has 8 nitrogen and oxygen atoms in total. The number of aliphatic hydroxyl groups is 1. The van der Waals surface area contributed by atoms with Gasteiger partial charge in [0.05, 0.1) is 12.8 Å². The van der Waals surface area contributed by atoms with E-state index in [0.29, 0.717) is 24.2 Å². The molecule has 266 valence electrons. The number of ether oxygens (including phenoxy) is 1. The lowest BCUT2D eigenvalue weighted by Gasteiger charge is -2.21. The van der Waals surface area contributed by atoms with Crippen LogP contribution < -0.4 is 15.7 Å². The monoisotopic (exact) mass is 663 g/mol. The number of alkyl carbamates (subject to hydrolysis) is 1. The van der Waals surface area contributed by atoms with E-state index >= 15 is 0 Å². The Morgan fingerprint density at radius 1 is 1.02 bits per heavy atom. The molecule has 8 heteroatoms. The van der Waals surface area contributed by atoms with Crippen LogP contribution in [0.15, 0.2) is 72.6 Å². The summed E-state index contributed by atoms with van der Waals surface area (Å²) in [6, 6.07) is 16.2. The van der Waals surface area contributed by atoms with Gasteiger partial charge in [0, 0.05) is 36.3 Å². The van der Waals surface area contributed by atoms with Crippen LogP contribution in [0.1, 0.15) is 112 Å². The van der Waals surface area contributed by atoms with E-state index in [9.17, 15) is 14.7 Å². The normalized spacial score (nSPS) is 11.0. The minimum Gasteiger partial charge on any atom is -0.453 e. The van der Waals surface area contributed by atoms with E-state index in [1.54, 1.807) is 6.92 Å². The maximum atomic E-state index is 13.2. The molecule has 0 aliphatic rings. The van der Waals surface area contributed by atoms with Crippen LogP contribution in [0.25, 0.3) is 5.70 Å². The van der Waals surface area contributed by atoms with E-state index in [1.165, 1.54) is 17.4 Å². The fourth-order valence-electron chi connectivity index (χ4n) is 4.64. The van der Waals surface area contributed by atoms with Gasteiger partial charge in [-0.1, -0.05) is 108 Å². The van der Waals surface area contributed by atoms with Gasteiger partial charge in [-0.3, -0.25) is 10.1 Å². The second-order valence-electron chi connectivity index (χ2n) is 10.9. The van der Waals surface area contributed by atoms with E-state index < -0.39 is 6.09 Å². The summed E-state index contributed by atoms with van der Waals surface area (Å²) in [6.45, 7) is 22.1. The van der Waals surface area contributed by atoms with Crippen LogP contribution in [0.3, 0.4) is 0 Å². The minimum absolute atomic E-state index is 0.0323. The highest BCUT2D eigenvalue weighted by molar-refractivity contribution is 5.82. The van der Waals surface area contributed by atoms with Crippen molar-refractivity contribution in [2.75, 3.05) is 13.7 Å². The first-order valence-corrected chi connectivity index (χ1v) is 17.2. The van der Waals surface area contributed by atoms with Crippen molar-refractivity contribution in [3.63, 3.8) is 0 Å². The van der Waals surface area contributed by atoms with Gasteiger partial charge >= 0.3 is 6.09 Å². The Labute approximate surface area is 289 Å². The van der Waals surface area contributed by atoms with Crippen LogP contribution in [0, 0.1) is 20.8 Å². The molecule has 0 saturated carbocycles. The molecule has 2 aromatic carbocycles. The minimum atomic E-state index is -0.435. The summed E-state index contributed by atoms with van der Waals surface area (Å²) in [7, 11) is 1.37. The molecule has 0 radical (unpaired) electrons. The summed E-state index contributed by atoms with van der Waals surface area (Å²) in [6.07, 6.45) is 7.96. The third-order valence-electron chi connectivity index (χ3n) is 7.31. The molecule has 0 bridgehead atoms. The Balaban J connectivity index is 0.000000905. The van der Waals surface area contributed by atoms with E-state index in [4.69, 9.17) is 9.82 Å². The van der Waals surface area contributed by atoms with Gasteiger partial charge in [0.2, 0.25) is 0 Å². The number of methoxy groups -OCH3 is 1. The molecule has 0 spiro atoms. The quantitative estimate of drug-likeness (QED) is 0.167. The number of aromatic nitrogens is 2. The Bertz CT molecular complexity index is 1410. The maximum Gasteiger partial charge on any atom is 0.411 e. The molecular weight excluding hydrogens is 602 g/mol. The molecular formula is C40H61N3O5. The lowest BCUT2D eigenvalue weighted by Crippen LogP contribution is -2.38. The van der Waals surface area contributed by atoms with Crippen LogP contribution in [-0.4, -0.2) is 40.7 Å². The largest absolute Gasteiger partial charge is 0.453 e. The number of hydrogen-bond donors (Lipinski definition) is 2. The van der Waals surface area contributed by atoms with Gasteiger partial charge in [0.1, 0.15) is 11.9 Å². The highest BCUT2D eigenvalue weighted by atomic mass is 16.7. The first-order valence-electron chi connectivity index (χ1n) is 17.2. The number of unbranched alkanes of at least 4 members (excludes halogenated alkanes) is 2. The van der Waals surface area contributed by atoms with Crippen molar-refractivity contribution < 1.29 is 19.5 Å². The second kappa shape index (κ2) is 25.9. The van der Waals surface area contributed by atoms with Crippen molar-refractivity contribution in [2.45, 2.75) is 113 Å². The SMILES string of the molecule is C=C.CC.CCC/C=C(/NC(=O)OC)c1ccccc1C.CCCCc1nc(C)n(OC(CC)CCO)c(=O)c1Cc1ccc(C)cc1. The molecule has 0 aliphatic heterocycles. The summed E-state index contributed by atoms with van der Waals surface area (Å²) in [5, 5.41) is 12.0. The number of nitrogens with zero attached hydrogens (tertiary/aromatic N) is 2. The average Bonchev–Trinajstić information content (AvgIpc) is 3.11. The third kappa shape index (κ3) is 15.2. The summed E-state index contributed by atoms with van der Waals surface area (Å²) < 4.78 is 5.95. The number of aryl methyl sites for hydroxylation is 4. The van der Waals surface area contributed by atoms with Crippen LogP contribution in [-0.2, 0) is 17.6 Å². The average molecular weight is 664 g/mol. The molecule has 3 aromatic rings. The molecule has 3 rings (SSSR count). The lowest BCUT2D eigenvalue weighted by atomic mass is 10.0. The van der Waals surface area contributed by atoms with E-state index in [-0.39, 0.29) is 18.3 Å². The van der Waals surface area contributed by atoms with Crippen LogP contribution in [0.2, 0.25) is 0 Å². The highest BCUT2D eigenvalue weighted by Gasteiger charge is 2.18. The molecule has 1 aromatic heterocycles. The molecule has 1 unspecified atom stereocenters. The number of carbonyl (C=O) groups excluding carboxylic acids is 1. The third-order valence-corrected chi connectivity index (χ3v) is 7.31. The second-order valence-corrected chi connectivity index (χ2v) is 10.9. The van der Waals surface area contributed by atoms with E-state index in [1.807, 2.05) is 58.0 Å². The molecule has 1 heterocycles. The van der Waals surface area contributed by atoms with Gasteiger partial charge in [-0.2, -0.15) is 0 Å². The number of rotatable bonds is 14. The predicted molar refractivity (Wildman–Crippen MR) is 200 cm³/mol. The zero-order chi connectivity index (χ0) is 36.5. The molecule has 0 fully saturated rings. The van der Waals surface area contributed by atoms with E-state index in [2.05, 4.69) is 68.2 Å². The van der Waals surface area contributed by atoms with Gasteiger partial charge in [-0.05, 0) is 57.6 Å². The zero-order valence-corrected chi connectivity index (χ0v) is 31.0. The van der Waals surface area contributed by atoms with Gasteiger partial charge < -0.3 is 14.7 Å². The van der Waals surface area contributed by atoms with Crippen LogP contribution in [0.4, 0.5) is 4.79 Å². The van der Waals surface area contributed by atoms with Crippen molar-refractivity contribution in [1.29, 1.82) is 0 Å². The van der Waals surface area contributed by atoms with Crippen molar-refractivity contribution in [3.05, 3.63) is 117 Å². The number of amides is 1. The Kier molecular flexibility index (Phi) is 23.6. The maximum absolute atomic E-state index is 13.2. The number of allylic oxidation sites excluding steroid dienone is 1. The van der Waals surface area contributed by atoms with Gasteiger partial charge in [-0.25, -0.2) is 9.78 Å². The number of aliphatic hydroxyl groups excluding tert-OH is 1. The van der Waals surface area contributed by atoms with Crippen LogP contribution in [0.5, 0.6) is 0 Å².